The number of amides is 1. The van der Waals surface area contributed by atoms with Gasteiger partial charge in [0.25, 0.3) is 0 Å². The molecule has 1 aliphatic heterocycles. The van der Waals surface area contributed by atoms with Crippen molar-refractivity contribution in [3.8, 4) is 0 Å². The second-order valence-electron chi connectivity index (χ2n) is 3.62. The molecule has 1 saturated heterocycles. The Morgan fingerprint density at radius 2 is 2.47 bits per heavy atom. The average molecular weight is 203 g/mol. The van der Waals surface area contributed by atoms with Crippen LogP contribution in [0.4, 0.5) is 11.5 Å². The van der Waals surface area contributed by atoms with Crippen LogP contribution in [0.25, 0.3) is 0 Å². The molecular formula is C11H13N3O. The van der Waals surface area contributed by atoms with Crippen molar-refractivity contribution in [1.82, 2.24) is 4.98 Å². The van der Waals surface area contributed by atoms with E-state index in [2.05, 4.69) is 11.6 Å². The molecule has 0 bridgehead atoms. The van der Waals surface area contributed by atoms with Crippen molar-refractivity contribution in [1.29, 1.82) is 0 Å². The molecule has 2 N–H and O–H groups in total. The van der Waals surface area contributed by atoms with Crippen molar-refractivity contribution in [2.45, 2.75) is 6.42 Å². The summed E-state index contributed by atoms with van der Waals surface area (Å²) in [5.74, 6) is 0.830. The highest BCUT2D eigenvalue weighted by atomic mass is 16.2. The summed E-state index contributed by atoms with van der Waals surface area (Å²) in [5.41, 5.74) is 6.30. The zero-order valence-corrected chi connectivity index (χ0v) is 8.39. The van der Waals surface area contributed by atoms with Gasteiger partial charge in [0, 0.05) is 25.1 Å². The lowest BCUT2D eigenvalue weighted by atomic mass is 10.1. The lowest BCUT2D eigenvalue weighted by molar-refractivity contribution is -0.117. The third-order valence-corrected chi connectivity index (χ3v) is 2.56. The van der Waals surface area contributed by atoms with Crippen LogP contribution in [0.15, 0.2) is 31.0 Å². The van der Waals surface area contributed by atoms with Gasteiger partial charge in [0.2, 0.25) is 5.91 Å². The monoisotopic (exact) mass is 203 g/mol. The summed E-state index contributed by atoms with van der Waals surface area (Å²) in [4.78, 5) is 17.4. The summed E-state index contributed by atoms with van der Waals surface area (Å²) < 4.78 is 0. The number of nitrogens with two attached hydrogens (primary N) is 1. The van der Waals surface area contributed by atoms with Gasteiger partial charge in [0.1, 0.15) is 0 Å². The first-order chi connectivity index (χ1) is 7.22. The lowest BCUT2D eigenvalue weighted by Crippen LogP contribution is -2.26. The van der Waals surface area contributed by atoms with Gasteiger partial charge in [-0.15, -0.1) is 6.58 Å². The Bertz CT molecular complexity index is 403. The van der Waals surface area contributed by atoms with E-state index in [1.807, 2.05) is 0 Å². The Labute approximate surface area is 88.4 Å². The number of pyridine rings is 1. The van der Waals surface area contributed by atoms with E-state index in [1.165, 1.54) is 0 Å². The Hall–Kier alpha value is -1.84. The van der Waals surface area contributed by atoms with Crippen molar-refractivity contribution >= 4 is 17.4 Å². The van der Waals surface area contributed by atoms with Crippen LogP contribution < -0.4 is 10.6 Å². The van der Waals surface area contributed by atoms with E-state index in [4.69, 9.17) is 5.73 Å². The van der Waals surface area contributed by atoms with Crippen molar-refractivity contribution in [3.05, 3.63) is 31.0 Å². The molecule has 2 heterocycles. The first kappa shape index (κ1) is 9.71. The van der Waals surface area contributed by atoms with Crippen LogP contribution >= 0.6 is 0 Å². The van der Waals surface area contributed by atoms with Crippen LogP contribution in [0, 0.1) is 5.92 Å². The number of hydrogen-bond donors (Lipinski definition) is 1. The summed E-state index contributed by atoms with van der Waals surface area (Å²) in [6.45, 7) is 4.33. The summed E-state index contributed by atoms with van der Waals surface area (Å²) in [6, 6.07) is 3.50. The quantitative estimate of drug-likeness (QED) is 0.735. The van der Waals surface area contributed by atoms with Crippen LogP contribution in [0.3, 0.4) is 0 Å². The second kappa shape index (κ2) is 3.73. The van der Waals surface area contributed by atoms with Gasteiger partial charge in [-0.3, -0.25) is 9.69 Å². The normalized spacial score (nSPS) is 20.7. The molecule has 15 heavy (non-hydrogen) atoms. The summed E-state index contributed by atoms with van der Waals surface area (Å²) >= 11 is 0. The molecule has 1 unspecified atom stereocenters. The van der Waals surface area contributed by atoms with Crippen molar-refractivity contribution < 1.29 is 4.79 Å². The number of nitrogen functional groups attached to an aromatic ring is 1. The van der Waals surface area contributed by atoms with Gasteiger partial charge in [-0.25, -0.2) is 4.98 Å². The van der Waals surface area contributed by atoms with Gasteiger partial charge in [-0.05, 0) is 12.1 Å². The Balaban J connectivity index is 2.29. The zero-order valence-electron chi connectivity index (χ0n) is 8.39. The fourth-order valence-electron chi connectivity index (χ4n) is 1.73. The number of carbonyl (C=O) groups excluding carboxylic acids is 1. The highest BCUT2D eigenvalue weighted by Gasteiger charge is 2.30. The topological polar surface area (TPSA) is 59.2 Å². The standard InChI is InChI=1S/C11H13N3O/c1-2-8-6-10(15)14(7-8)11-9(12)4-3-5-13-11/h2-5,8H,1,6-7,12H2. The Morgan fingerprint density at radius 1 is 1.67 bits per heavy atom. The predicted octanol–water partition coefficient (Wildman–Crippen LogP) is 1.20. The second-order valence-corrected chi connectivity index (χ2v) is 3.62. The van der Waals surface area contributed by atoms with E-state index in [0.29, 0.717) is 24.5 Å². The van der Waals surface area contributed by atoms with Gasteiger partial charge < -0.3 is 5.73 Å². The molecule has 4 heteroatoms. The fourth-order valence-corrected chi connectivity index (χ4v) is 1.73. The number of anilines is 2. The van der Waals surface area contributed by atoms with Gasteiger partial charge in [0.15, 0.2) is 5.82 Å². The SMILES string of the molecule is C=CC1CC(=O)N(c2ncccc2N)C1. The molecule has 1 aromatic heterocycles. The smallest absolute Gasteiger partial charge is 0.228 e. The summed E-state index contributed by atoms with van der Waals surface area (Å²) in [7, 11) is 0. The Morgan fingerprint density at radius 3 is 3.07 bits per heavy atom. The minimum absolute atomic E-state index is 0.0605. The van der Waals surface area contributed by atoms with E-state index < -0.39 is 0 Å². The molecule has 1 aromatic rings. The van der Waals surface area contributed by atoms with Crippen LogP contribution in [-0.4, -0.2) is 17.4 Å². The molecule has 78 valence electrons. The van der Waals surface area contributed by atoms with Gasteiger partial charge in [-0.1, -0.05) is 6.08 Å². The van der Waals surface area contributed by atoms with Gasteiger partial charge in [-0.2, -0.15) is 0 Å². The summed E-state index contributed by atoms with van der Waals surface area (Å²) in [6.07, 6.45) is 3.94. The maximum absolute atomic E-state index is 11.7. The molecule has 1 aliphatic rings. The van der Waals surface area contributed by atoms with Crippen LogP contribution in [0.1, 0.15) is 6.42 Å². The summed E-state index contributed by atoms with van der Waals surface area (Å²) in [5, 5.41) is 0. The number of carbonyl (C=O) groups is 1. The molecule has 4 nitrogen and oxygen atoms in total. The minimum atomic E-state index is 0.0605. The van der Waals surface area contributed by atoms with Crippen molar-refractivity contribution in [2.75, 3.05) is 17.2 Å². The molecule has 2 rings (SSSR count). The first-order valence-electron chi connectivity index (χ1n) is 4.86. The number of aromatic nitrogens is 1. The van der Waals surface area contributed by atoms with E-state index in [9.17, 15) is 4.79 Å². The van der Waals surface area contributed by atoms with Crippen molar-refractivity contribution in [3.63, 3.8) is 0 Å². The largest absolute Gasteiger partial charge is 0.396 e. The molecule has 0 radical (unpaired) electrons. The van der Waals surface area contributed by atoms with Crippen molar-refractivity contribution in [2.24, 2.45) is 5.92 Å². The molecule has 0 saturated carbocycles. The third kappa shape index (κ3) is 1.70. The van der Waals surface area contributed by atoms with Crippen LogP contribution in [-0.2, 0) is 4.79 Å². The van der Waals surface area contributed by atoms with Gasteiger partial charge >= 0.3 is 0 Å². The van der Waals surface area contributed by atoms with E-state index in [-0.39, 0.29) is 11.8 Å². The minimum Gasteiger partial charge on any atom is -0.396 e. The molecule has 1 fully saturated rings. The van der Waals surface area contributed by atoms with E-state index >= 15 is 0 Å². The number of hydrogen-bond acceptors (Lipinski definition) is 3. The zero-order chi connectivity index (χ0) is 10.8. The van der Waals surface area contributed by atoms with E-state index in [1.54, 1.807) is 29.3 Å². The molecular weight excluding hydrogens is 190 g/mol. The number of nitrogens with zero attached hydrogens (tertiary/aromatic N) is 2. The van der Waals surface area contributed by atoms with Gasteiger partial charge in [0.05, 0.1) is 5.69 Å². The molecule has 0 aromatic carbocycles. The third-order valence-electron chi connectivity index (χ3n) is 2.56. The molecule has 1 atom stereocenters. The first-order valence-corrected chi connectivity index (χ1v) is 4.86. The maximum Gasteiger partial charge on any atom is 0.228 e. The van der Waals surface area contributed by atoms with Crippen LogP contribution in [0.2, 0.25) is 0 Å². The molecule has 1 amide bonds. The predicted molar refractivity (Wildman–Crippen MR) is 59.3 cm³/mol. The molecule has 0 spiro atoms. The highest BCUT2D eigenvalue weighted by molar-refractivity contribution is 5.97. The van der Waals surface area contributed by atoms with E-state index in [0.717, 1.165) is 0 Å². The highest BCUT2D eigenvalue weighted by Crippen LogP contribution is 2.27. The average Bonchev–Trinajstić information content (AvgIpc) is 2.60. The number of rotatable bonds is 2. The maximum atomic E-state index is 11.7. The fraction of sp³-hybridized carbons (Fsp3) is 0.273. The lowest BCUT2D eigenvalue weighted by Gasteiger charge is -2.16. The van der Waals surface area contributed by atoms with Crippen LogP contribution in [0.5, 0.6) is 0 Å². The Kier molecular flexibility index (Phi) is 2.41. The molecule has 0 aliphatic carbocycles.